The molecule has 8 heteroatoms. The van der Waals surface area contributed by atoms with Crippen molar-refractivity contribution in [2.24, 2.45) is 4.99 Å². The van der Waals surface area contributed by atoms with Crippen molar-refractivity contribution in [1.29, 1.82) is 0 Å². The molecule has 0 radical (unpaired) electrons. The Hall–Kier alpha value is -0.860. The first-order chi connectivity index (χ1) is 11.6. The van der Waals surface area contributed by atoms with Gasteiger partial charge >= 0.3 is 0 Å². The molecule has 1 heterocycles. The molecule has 1 fully saturated rings. The molecule has 148 valence electrons. The summed E-state index contributed by atoms with van der Waals surface area (Å²) in [6, 6.07) is 0.392. The van der Waals surface area contributed by atoms with E-state index < -0.39 is 9.84 Å². The lowest BCUT2D eigenvalue weighted by molar-refractivity contribution is 0.216. The fourth-order valence-corrected chi connectivity index (χ4v) is 3.30. The Morgan fingerprint density at radius 2 is 1.88 bits per heavy atom. The van der Waals surface area contributed by atoms with E-state index in [9.17, 15) is 8.42 Å². The summed E-state index contributed by atoms with van der Waals surface area (Å²) in [5.74, 6) is 1.11. The van der Waals surface area contributed by atoms with Gasteiger partial charge in [0.15, 0.2) is 5.96 Å². The minimum atomic E-state index is -2.88. The van der Waals surface area contributed by atoms with Gasteiger partial charge in [0, 0.05) is 50.6 Å². The first kappa shape index (κ1) is 22.2. The second kappa shape index (κ2) is 10.3. The standard InChI is InChI=1S/C17H37N5O2S/c1-6-18-16(19-9-10-20-17(2,3)4)21-15-7-11-22(12-8-15)13-14-25(5,23)24/h15,20H,6-14H2,1-5H3,(H2,18,19,21). The minimum Gasteiger partial charge on any atom is -0.357 e. The predicted molar refractivity (Wildman–Crippen MR) is 106 cm³/mol. The fourth-order valence-electron chi connectivity index (χ4n) is 2.71. The van der Waals surface area contributed by atoms with Gasteiger partial charge in [0.1, 0.15) is 9.84 Å². The molecule has 1 aliphatic heterocycles. The monoisotopic (exact) mass is 375 g/mol. The van der Waals surface area contributed by atoms with Crippen molar-refractivity contribution in [3.05, 3.63) is 0 Å². The third kappa shape index (κ3) is 11.4. The third-order valence-corrected chi connectivity index (χ3v) is 5.01. The van der Waals surface area contributed by atoms with Gasteiger partial charge in [0.05, 0.1) is 12.3 Å². The summed E-state index contributed by atoms with van der Waals surface area (Å²) in [7, 11) is -2.88. The van der Waals surface area contributed by atoms with Crippen molar-refractivity contribution in [3.8, 4) is 0 Å². The van der Waals surface area contributed by atoms with Crippen LogP contribution >= 0.6 is 0 Å². The molecule has 0 aromatic heterocycles. The highest BCUT2D eigenvalue weighted by molar-refractivity contribution is 7.90. The van der Waals surface area contributed by atoms with Crippen LogP contribution < -0.4 is 16.0 Å². The van der Waals surface area contributed by atoms with Crippen molar-refractivity contribution in [2.45, 2.75) is 52.1 Å². The maximum atomic E-state index is 11.3. The summed E-state index contributed by atoms with van der Waals surface area (Å²) in [5, 5.41) is 10.3. The van der Waals surface area contributed by atoms with Crippen LogP contribution in [0.3, 0.4) is 0 Å². The van der Waals surface area contributed by atoms with Crippen LogP contribution in [0.5, 0.6) is 0 Å². The highest BCUT2D eigenvalue weighted by Gasteiger charge is 2.20. The molecule has 25 heavy (non-hydrogen) atoms. The summed E-state index contributed by atoms with van der Waals surface area (Å²) < 4.78 is 22.5. The zero-order chi connectivity index (χ0) is 18.9. The number of nitrogens with one attached hydrogen (secondary N) is 3. The van der Waals surface area contributed by atoms with E-state index in [0.717, 1.165) is 51.5 Å². The molecule has 0 aromatic carbocycles. The highest BCUT2D eigenvalue weighted by atomic mass is 32.2. The average Bonchev–Trinajstić information content (AvgIpc) is 2.49. The fraction of sp³-hybridized carbons (Fsp3) is 0.941. The topological polar surface area (TPSA) is 85.8 Å². The lowest BCUT2D eigenvalue weighted by atomic mass is 10.1. The van der Waals surface area contributed by atoms with E-state index in [4.69, 9.17) is 0 Å². The van der Waals surface area contributed by atoms with Gasteiger partial charge in [0.2, 0.25) is 0 Å². The van der Waals surface area contributed by atoms with Crippen LogP contribution in [0.1, 0.15) is 40.5 Å². The minimum absolute atomic E-state index is 0.111. The zero-order valence-electron chi connectivity index (χ0n) is 16.6. The molecular weight excluding hydrogens is 338 g/mol. The summed E-state index contributed by atoms with van der Waals surface area (Å²) >= 11 is 0. The molecule has 0 amide bonds. The van der Waals surface area contributed by atoms with E-state index in [1.165, 1.54) is 6.26 Å². The van der Waals surface area contributed by atoms with Crippen LogP contribution in [0.15, 0.2) is 4.99 Å². The van der Waals surface area contributed by atoms with E-state index >= 15 is 0 Å². The van der Waals surface area contributed by atoms with Crippen molar-refractivity contribution in [1.82, 2.24) is 20.9 Å². The number of guanidine groups is 1. The SMILES string of the molecule is CCNC(=NCCNC(C)(C)C)NC1CCN(CCS(C)(=O)=O)CC1. The maximum Gasteiger partial charge on any atom is 0.191 e. The summed E-state index contributed by atoms with van der Waals surface area (Å²) in [6.07, 6.45) is 3.32. The Morgan fingerprint density at radius 1 is 1.24 bits per heavy atom. The normalized spacial score (nSPS) is 18.4. The molecule has 0 spiro atoms. The molecule has 1 rings (SSSR count). The molecule has 0 unspecified atom stereocenters. The van der Waals surface area contributed by atoms with Crippen molar-refractivity contribution < 1.29 is 8.42 Å². The van der Waals surface area contributed by atoms with Crippen molar-refractivity contribution >= 4 is 15.8 Å². The van der Waals surface area contributed by atoms with E-state index in [-0.39, 0.29) is 11.3 Å². The van der Waals surface area contributed by atoms with Crippen LogP contribution in [0.25, 0.3) is 0 Å². The molecule has 1 saturated heterocycles. The Morgan fingerprint density at radius 3 is 2.40 bits per heavy atom. The third-order valence-electron chi connectivity index (χ3n) is 4.09. The number of rotatable bonds is 8. The Bertz CT molecular complexity index is 506. The molecule has 0 saturated carbocycles. The molecule has 0 bridgehead atoms. The number of likely N-dealkylation sites (tertiary alicyclic amines) is 1. The number of piperidine rings is 1. The second-order valence-electron chi connectivity index (χ2n) is 7.83. The molecule has 0 aliphatic carbocycles. The molecule has 1 aliphatic rings. The van der Waals surface area contributed by atoms with Gasteiger partial charge in [-0.25, -0.2) is 8.42 Å². The van der Waals surface area contributed by atoms with Gasteiger partial charge in [-0.05, 0) is 40.5 Å². The van der Waals surface area contributed by atoms with E-state index in [1.807, 2.05) is 0 Å². The first-order valence-electron chi connectivity index (χ1n) is 9.29. The Balaban J connectivity index is 2.36. The van der Waals surface area contributed by atoms with E-state index in [1.54, 1.807) is 0 Å². The van der Waals surface area contributed by atoms with Gasteiger partial charge in [-0.1, -0.05) is 0 Å². The molecule has 7 nitrogen and oxygen atoms in total. The van der Waals surface area contributed by atoms with Gasteiger partial charge in [-0.15, -0.1) is 0 Å². The number of hydrogen-bond acceptors (Lipinski definition) is 5. The van der Waals surface area contributed by atoms with Gasteiger partial charge in [0.25, 0.3) is 0 Å². The highest BCUT2D eigenvalue weighted by Crippen LogP contribution is 2.10. The van der Waals surface area contributed by atoms with Crippen molar-refractivity contribution in [2.75, 3.05) is 51.3 Å². The zero-order valence-corrected chi connectivity index (χ0v) is 17.4. The van der Waals surface area contributed by atoms with E-state index in [2.05, 4.69) is 53.5 Å². The van der Waals surface area contributed by atoms with Crippen LogP contribution in [0.2, 0.25) is 0 Å². The predicted octanol–water partition coefficient (Wildman–Crippen LogP) is 0.439. The number of sulfone groups is 1. The number of nitrogens with zero attached hydrogens (tertiary/aromatic N) is 2. The molecular formula is C17H37N5O2S. The van der Waals surface area contributed by atoms with Gasteiger partial charge in [-0.3, -0.25) is 4.99 Å². The largest absolute Gasteiger partial charge is 0.357 e. The van der Waals surface area contributed by atoms with Crippen LogP contribution in [-0.4, -0.2) is 82.1 Å². The summed E-state index contributed by atoms with van der Waals surface area (Å²) in [5.41, 5.74) is 0.111. The van der Waals surface area contributed by atoms with Gasteiger partial charge < -0.3 is 20.9 Å². The first-order valence-corrected chi connectivity index (χ1v) is 11.3. The molecule has 0 atom stereocenters. The maximum absolute atomic E-state index is 11.3. The second-order valence-corrected chi connectivity index (χ2v) is 10.1. The summed E-state index contributed by atoms with van der Waals surface area (Å²) in [6.45, 7) is 13.4. The smallest absolute Gasteiger partial charge is 0.191 e. The van der Waals surface area contributed by atoms with E-state index in [0.29, 0.717) is 12.6 Å². The van der Waals surface area contributed by atoms with Crippen LogP contribution in [0.4, 0.5) is 0 Å². The van der Waals surface area contributed by atoms with Gasteiger partial charge in [-0.2, -0.15) is 0 Å². The molecule has 3 N–H and O–H groups in total. The number of aliphatic imine (C=N–C) groups is 1. The molecule has 0 aromatic rings. The Kier molecular flexibility index (Phi) is 9.16. The average molecular weight is 376 g/mol. The van der Waals surface area contributed by atoms with Crippen LogP contribution in [-0.2, 0) is 9.84 Å². The Labute approximate surface area is 154 Å². The lowest BCUT2D eigenvalue weighted by Gasteiger charge is -2.33. The summed E-state index contributed by atoms with van der Waals surface area (Å²) in [4.78, 5) is 6.87. The quantitative estimate of drug-likeness (QED) is 0.324. The number of hydrogen-bond donors (Lipinski definition) is 3. The van der Waals surface area contributed by atoms with Crippen LogP contribution in [0, 0.1) is 0 Å². The lowest BCUT2D eigenvalue weighted by Crippen LogP contribution is -2.49. The van der Waals surface area contributed by atoms with Crippen molar-refractivity contribution in [3.63, 3.8) is 0 Å².